The predicted molar refractivity (Wildman–Crippen MR) is 94.3 cm³/mol. The van der Waals surface area contributed by atoms with Crippen molar-refractivity contribution in [2.24, 2.45) is 21.1 Å². The topological polar surface area (TPSA) is 108 Å². The molecule has 0 atom stereocenters. The Morgan fingerprint density at radius 3 is 2.52 bits per heavy atom. The molecule has 0 saturated carbocycles. The van der Waals surface area contributed by atoms with Crippen molar-refractivity contribution in [2.45, 2.75) is 4.90 Å². The number of nitrogens with one attached hydrogen (secondary N) is 1. The Morgan fingerprint density at radius 2 is 1.88 bits per heavy atom. The lowest BCUT2D eigenvalue weighted by Crippen LogP contribution is -2.38. The Morgan fingerprint density at radius 1 is 1.16 bits per heavy atom. The Balaban J connectivity index is 2.11. The minimum atomic E-state index is -4.05. The van der Waals surface area contributed by atoms with E-state index in [2.05, 4.69) is 9.82 Å². The predicted octanol–water partition coefficient (Wildman–Crippen LogP) is 0.347. The smallest absolute Gasteiger partial charge is 0.282 e. The molecule has 1 N–H and O–H groups in total. The monoisotopic (exact) mass is 381 g/mol. The summed E-state index contributed by atoms with van der Waals surface area (Å²) in [5.74, 6) is -0.117. The number of nitrogens with zero attached hydrogens (tertiary/aromatic N) is 4. The molecule has 0 bridgehead atoms. The van der Waals surface area contributed by atoms with Crippen LogP contribution in [0.25, 0.3) is 10.6 Å². The van der Waals surface area contributed by atoms with Gasteiger partial charge in [0.25, 0.3) is 15.6 Å². The first-order chi connectivity index (χ1) is 11.7. The average molecular weight is 381 g/mol. The molecule has 0 saturated heterocycles. The number of aryl methyl sites for hydroxylation is 1. The lowest BCUT2D eigenvalue weighted by atomic mass is 10.3. The van der Waals surface area contributed by atoms with Gasteiger partial charge in [-0.1, -0.05) is 6.07 Å². The third-order valence-corrected chi connectivity index (χ3v) is 5.84. The van der Waals surface area contributed by atoms with Crippen LogP contribution in [0.4, 0.5) is 5.82 Å². The van der Waals surface area contributed by atoms with E-state index < -0.39 is 21.3 Å². The molecule has 132 valence electrons. The second kappa shape index (κ2) is 6.01. The van der Waals surface area contributed by atoms with E-state index in [1.54, 1.807) is 19.2 Å². The molecule has 0 fully saturated rings. The van der Waals surface area contributed by atoms with E-state index in [0.717, 1.165) is 15.2 Å². The second-order valence-electron chi connectivity index (χ2n) is 5.37. The van der Waals surface area contributed by atoms with Gasteiger partial charge in [0.05, 0.1) is 4.88 Å². The number of rotatable bonds is 4. The first kappa shape index (κ1) is 17.2. The van der Waals surface area contributed by atoms with Crippen molar-refractivity contribution >= 4 is 27.2 Å². The van der Waals surface area contributed by atoms with Crippen LogP contribution in [0.1, 0.15) is 0 Å². The third-order valence-electron chi connectivity index (χ3n) is 3.60. The van der Waals surface area contributed by atoms with Crippen molar-refractivity contribution in [3.63, 3.8) is 0 Å². The summed E-state index contributed by atoms with van der Waals surface area (Å²) in [5.41, 5.74) is -0.931. The van der Waals surface area contributed by atoms with Gasteiger partial charge in [-0.15, -0.1) is 11.3 Å². The minimum Gasteiger partial charge on any atom is -0.282 e. The van der Waals surface area contributed by atoms with Crippen LogP contribution in [-0.2, 0) is 31.2 Å². The molecule has 3 rings (SSSR count). The molecular formula is C14H15N5O4S2. The van der Waals surface area contributed by atoms with Crippen LogP contribution in [0.3, 0.4) is 0 Å². The summed E-state index contributed by atoms with van der Waals surface area (Å²) in [7, 11) is 0.259. The molecule has 0 radical (unpaired) electrons. The summed E-state index contributed by atoms with van der Waals surface area (Å²) < 4.78 is 31.3. The number of anilines is 1. The maximum Gasteiger partial charge on any atom is 0.332 e. The number of aromatic nitrogens is 4. The highest BCUT2D eigenvalue weighted by Gasteiger charge is 2.25. The molecule has 0 unspecified atom stereocenters. The molecule has 3 aromatic heterocycles. The zero-order chi connectivity index (χ0) is 18.4. The molecule has 0 aliphatic heterocycles. The van der Waals surface area contributed by atoms with Crippen molar-refractivity contribution < 1.29 is 8.42 Å². The van der Waals surface area contributed by atoms with E-state index in [1.807, 2.05) is 5.38 Å². The highest BCUT2D eigenvalue weighted by Crippen LogP contribution is 2.30. The van der Waals surface area contributed by atoms with Gasteiger partial charge in [0.1, 0.15) is 16.4 Å². The quantitative estimate of drug-likeness (QED) is 0.701. The van der Waals surface area contributed by atoms with Gasteiger partial charge in [-0.25, -0.2) is 13.2 Å². The van der Waals surface area contributed by atoms with Gasteiger partial charge < -0.3 is 0 Å². The van der Waals surface area contributed by atoms with Crippen LogP contribution in [0.5, 0.6) is 0 Å². The third kappa shape index (κ3) is 3.03. The fourth-order valence-electron chi connectivity index (χ4n) is 2.27. The molecule has 3 aromatic rings. The lowest BCUT2D eigenvalue weighted by Gasteiger charge is -2.12. The lowest BCUT2D eigenvalue weighted by molar-refractivity contribution is 0.600. The SMILES string of the molecule is Cn1cc(S(=O)(=O)Nc2cc(=O)n(C)c(=O)n2C)c(-c2cccs2)n1. The number of hydrogen-bond acceptors (Lipinski definition) is 6. The maximum atomic E-state index is 12.8. The van der Waals surface area contributed by atoms with Crippen molar-refractivity contribution in [2.75, 3.05) is 4.72 Å². The molecule has 3 heterocycles. The van der Waals surface area contributed by atoms with Crippen molar-refractivity contribution in [3.8, 4) is 10.6 Å². The van der Waals surface area contributed by atoms with E-state index in [1.165, 1.54) is 36.3 Å². The first-order valence-corrected chi connectivity index (χ1v) is 9.44. The summed E-state index contributed by atoms with van der Waals surface area (Å²) in [6.07, 6.45) is 1.37. The summed E-state index contributed by atoms with van der Waals surface area (Å²) >= 11 is 1.36. The molecule has 11 heteroatoms. The number of thiophene rings is 1. The van der Waals surface area contributed by atoms with Crippen LogP contribution < -0.4 is 16.0 Å². The van der Waals surface area contributed by atoms with Crippen LogP contribution in [0.2, 0.25) is 0 Å². The average Bonchev–Trinajstić information content (AvgIpc) is 3.19. The molecule has 0 aliphatic carbocycles. The standard InChI is InChI=1S/C14H15N5O4S2/c1-17-8-10(13(15-17)9-5-4-6-24-9)25(22,23)16-11-7-12(20)19(3)14(21)18(11)2/h4-8,16H,1-3H3. The Kier molecular flexibility index (Phi) is 4.13. The van der Waals surface area contributed by atoms with Crippen LogP contribution in [0.15, 0.2) is 44.3 Å². The Bertz CT molecular complexity index is 1150. The summed E-state index contributed by atoms with van der Waals surface area (Å²) in [4.78, 5) is 24.4. The van der Waals surface area contributed by atoms with E-state index >= 15 is 0 Å². The minimum absolute atomic E-state index is 0.0365. The van der Waals surface area contributed by atoms with Gasteiger partial charge in [0.15, 0.2) is 0 Å². The van der Waals surface area contributed by atoms with Crippen molar-refractivity contribution in [1.82, 2.24) is 18.9 Å². The van der Waals surface area contributed by atoms with Gasteiger partial charge in [0.2, 0.25) is 0 Å². The zero-order valence-corrected chi connectivity index (χ0v) is 15.3. The highest BCUT2D eigenvalue weighted by atomic mass is 32.2. The summed E-state index contributed by atoms with van der Waals surface area (Å²) in [6, 6.07) is 4.61. The van der Waals surface area contributed by atoms with E-state index in [9.17, 15) is 18.0 Å². The fraction of sp³-hybridized carbons (Fsp3) is 0.214. The zero-order valence-electron chi connectivity index (χ0n) is 13.6. The van der Waals surface area contributed by atoms with Crippen molar-refractivity contribution in [3.05, 3.63) is 50.6 Å². The first-order valence-electron chi connectivity index (χ1n) is 7.08. The van der Waals surface area contributed by atoms with Gasteiger partial charge in [0, 0.05) is 33.4 Å². The van der Waals surface area contributed by atoms with Crippen LogP contribution in [0, 0.1) is 0 Å². The summed E-state index contributed by atoms with van der Waals surface area (Å²) in [6.45, 7) is 0. The van der Waals surface area contributed by atoms with Crippen molar-refractivity contribution in [1.29, 1.82) is 0 Å². The van der Waals surface area contributed by atoms with Gasteiger partial charge in [-0.05, 0) is 11.4 Å². The van der Waals surface area contributed by atoms with Crippen LogP contribution >= 0.6 is 11.3 Å². The molecular weight excluding hydrogens is 366 g/mol. The molecule has 9 nitrogen and oxygen atoms in total. The summed E-state index contributed by atoms with van der Waals surface area (Å²) in [5, 5.41) is 6.02. The maximum absolute atomic E-state index is 12.8. The molecule has 0 aliphatic rings. The number of hydrogen-bond donors (Lipinski definition) is 1. The molecule has 25 heavy (non-hydrogen) atoms. The largest absolute Gasteiger partial charge is 0.332 e. The normalized spacial score (nSPS) is 11.6. The molecule has 0 aromatic carbocycles. The van der Waals surface area contributed by atoms with E-state index in [4.69, 9.17) is 0 Å². The highest BCUT2D eigenvalue weighted by molar-refractivity contribution is 7.92. The molecule has 0 spiro atoms. The fourth-order valence-corrected chi connectivity index (χ4v) is 4.34. The Labute approximate surface area is 146 Å². The van der Waals surface area contributed by atoms with E-state index in [-0.39, 0.29) is 10.7 Å². The van der Waals surface area contributed by atoms with E-state index in [0.29, 0.717) is 10.6 Å². The Hall–Kier alpha value is -2.66. The molecule has 0 amide bonds. The second-order valence-corrected chi connectivity index (χ2v) is 7.97. The number of sulfonamides is 1. The van der Waals surface area contributed by atoms with Gasteiger partial charge >= 0.3 is 5.69 Å². The van der Waals surface area contributed by atoms with Gasteiger partial charge in [-0.3, -0.25) is 23.3 Å². The van der Waals surface area contributed by atoms with Gasteiger partial charge in [-0.2, -0.15) is 5.10 Å². The van der Waals surface area contributed by atoms with Crippen LogP contribution in [-0.4, -0.2) is 27.3 Å².